The van der Waals surface area contributed by atoms with Crippen molar-refractivity contribution < 1.29 is 0 Å². The van der Waals surface area contributed by atoms with Crippen LogP contribution < -0.4 is 11.1 Å². The van der Waals surface area contributed by atoms with E-state index in [1.54, 1.807) is 6.33 Å². The quantitative estimate of drug-likeness (QED) is 0.565. The highest BCUT2D eigenvalue weighted by molar-refractivity contribution is 5.98. The molecular weight excluding hydrogens is 360 g/mol. The van der Waals surface area contributed by atoms with E-state index in [1.807, 2.05) is 6.07 Å². The summed E-state index contributed by atoms with van der Waals surface area (Å²) in [5.74, 6) is 1.22. The Bertz CT molecular complexity index is 1180. The van der Waals surface area contributed by atoms with Crippen LogP contribution in [0.5, 0.6) is 0 Å². The summed E-state index contributed by atoms with van der Waals surface area (Å²) in [6.07, 6.45) is 3.90. The van der Waals surface area contributed by atoms with Crippen LogP contribution in [0.15, 0.2) is 60.9 Å². The Morgan fingerprint density at radius 2 is 1.66 bits per heavy atom. The van der Waals surface area contributed by atoms with Crippen molar-refractivity contribution in [3.8, 4) is 22.4 Å². The minimum atomic E-state index is 0.322. The smallest absolute Gasteiger partial charge is 0.164 e. The standard InChI is InChI=1S/C23H22N6/c24-22-20-21(17-8-6-16(7-9-17)15-4-2-1-3-5-15)28-29(23(20)27-13-26-22)19-11-14-10-18(19)25-12-14/h1-9,13-14,18-19,25H,10-12H2,(H2,24,26,27). The van der Waals surface area contributed by atoms with Gasteiger partial charge >= 0.3 is 0 Å². The van der Waals surface area contributed by atoms with Crippen molar-refractivity contribution in [2.24, 2.45) is 5.92 Å². The molecule has 4 aromatic rings. The lowest BCUT2D eigenvalue weighted by atomic mass is 10.0. The molecule has 3 heterocycles. The van der Waals surface area contributed by atoms with Gasteiger partial charge in [-0.2, -0.15) is 5.10 Å². The number of rotatable bonds is 3. The lowest BCUT2D eigenvalue weighted by Crippen LogP contribution is -2.35. The number of aromatic nitrogens is 4. The summed E-state index contributed by atoms with van der Waals surface area (Å²) < 4.78 is 2.09. The molecule has 6 nitrogen and oxygen atoms in total. The van der Waals surface area contributed by atoms with Gasteiger partial charge in [0.15, 0.2) is 5.65 Å². The van der Waals surface area contributed by atoms with E-state index in [1.165, 1.54) is 17.5 Å². The van der Waals surface area contributed by atoms with Crippen LogP contribution in [0, 0.1) is 5.92 Å². The lowest BCUT2D eigenvalue weighted by molar-refractivity contribution is 0.342. The molecule has 0 radical (unpaired) electrons. The molecule has 1 aliphatic carbocycles. The molecule has 0 amide bonds. The van der Waals surface area contributed by atoms with Crippen molar-refractivity contribution >= 4 is 16.9 Å². The molecule has 3 N–H and O–H groups in total. The average molecular weight is 382 g/mol. The first-order chi connectivity index (χ1) is 14.3. The fraction of sp³-hybridized carbons (Fsp3) is 0.261. The maximum Gasteiger partial charge on any atom is 0.164 e. The topological polar surface area (TPSA) is 81.7 Å². The summed E-state index contributed by atoms with van der Waals surface area (Å²) in [6.45, 7) is 1.12. The summed E-state index contributed by atoms with van der Waals surface area (Å²) >= 11 is 0. The van der Waals surface area contributed by atoms with Gasteiger partial charge in [-0.3, -0.25) is 0 Å². The molecule has 1 aliphatic heterocycles. The second kappa shape index (κ2) is 6.39. The first-order valence-corrected chi connectivity index (χ1v) is 10.2. The SMILES string of the molecule is Nc1ncnc2c1c(-c1ccc(-c3ccccc3)cc1)nn2C1CC2CNC1C2. The van der Waals surface area contributed by atoms with E-state index < -0.39 is 0 Å². The molecule has 144 valence electrons. The van der Waals surface area contributed by atoms with E-state index in [9.17, 15) is 0 Å². The second-order valence-corrected chi connectivity index (χ2v) is 8.11. The highest BCUT2D eigenvalue weighted by Gasteiger charge is 2.42. The Balaban J connectivity index is 1.46. The molecule has 3 atom stereocenters. The predicted octanol–water partition coefficient (Wildman–Crippen LogP) is 3.67. The summed E-state index contributed by atoms with van der Waals surface area (Å²) in [6, 6.07) is 19.7. The molecule has 2 aliphatic rings. The first-order valence-electron chi connectivity index (χ1n) is 10.2. The molecule has 1 saturated carbocycles. The zero-order chi connectivity index (χ0) is 19.4. The van der Waals surface area contributed by atoms with Gasteiger partial charge in [0.05, 0.1) is 11.4 Å². The van der Waals surface area contributed by atoms with Gasteiger partial charge in [-0.25, -0.2) is 14.6 Å². The van der Waals surface area contributed by atoms with Gasteiger partial charge in [0.1, 0.15) is 17.8 Å². The number of nitrogen functional groups attached to an aromatic ring is 1. The number of nitrogens with zero attached hydrogens (tertiary/aromatic N) is 4. The third-order valence-corrected chi connectivity index (χ3v) is 6.39. The van der Waals surface area contributed by atoms with E-state index in [0.29, 0.717) is 17.9 Å². The molecule has 6 rings (SSSR count). The minimum Gasteiger partial charge on any atom is -0.383 e. The van der Waals surface area contributed by atoms with E-state index >= 15 is 0 Å². The molecule has 2 aromatic heterocycles. The molecule has 29 heavy (non-hydrogen) atoms. The maximum atomic E-state index is 6.28. The lowest BCUT2D eigenvalue weighted by Gasteiger charge is -2.23. The normalized spacial score (nSPS) is 23.1. The van der Waals surface area contributed by atoms with Crippen LogP contribution in [-0.2, 0) is 0 Å². The average Bonchev–Trinajstić information content (AvgIpc) is 3.49. The molecular formula is C23H22N6. The monoisotopic (exact) mass is 382 g/mol. The van der Waals surface area contributed by atoms with Gasteiger partial charge in [-0.15, -0.1) is 0 Å². The van der Waals surface area contributed by atoms with Crippen molar-refractivity contribution in [2.45, 2.75) is 24.9 Å². The van der Waals surface area contributed by atoms with Crippen LogP contribution in [-0.4, -0.2) is 32.3 Å². The van der Waals surface area contributed by atoms with Gasteiger partial charge in [0.25, 0.3) is 0 Å². The Labute approximate surface area is 168 Å². The number of hydrogen-bond acceptors (Lipinski definition) is 5. The Morgan fingerprint density at radius 1 is 0.897 bits per heavy atom. The minimum absolute atomic E-state index is 0.322. The summed E-state index contributed by atoms with van der Waals surface area (Å²) in [4.78, 5) is 8.81. The molecule has 2 fully saturated rings. The largest absolute Gasteiger partial charge is 0.383 e. The maximum absolute atomic E-state index is 6.28. The second-order valence-electron chi connectivity index (χ2n) is 8.11. The van der Waals surface area contributed by atoms with Gasteiger partial charge in [0.2, 0.25) is 0 Å². The number of nitrogens with two attached hydrogens (primary N) is 1. The summed E-state index contributed by atoms with van der Waals surface area (Å²) in [5, 5.41) is 9.49. The molecule has 2 bridgehead atoms. The van der Waals surface area contributed by atoms with Crippen molar-refractivity contribution in [3.63, 3.8) is 0 Å². The first kappa shape index (κ1) is 16.7. The highest BCUT2D eigenvalue weighted by Crippen LogP contribution is 2.42. The molecule has 6 heteroatoms. The van der Waals surface area contributed by atoms with E-state index in [0.717, 1.165) is 41.2 Å². The number of piperidine rings is 1. The number of hydrogen-bond donors (Lipinski definition) is 2. The molecule has 3 unspecified atom stereocenters. The van der Waals surface area contributed by atoms with Crippen LogP contribution in [0.3, 0.4) is 0 Å². The van der Waals surface area contributed by atoms with Crippen molar-refractivity contribution in [1.82, 2.24) is 25.1 Å². The van der Waals surface area contributed by atoms with E-state index in [-0.39, 0.29) is 0 Å². The van der Waals surface area contributed by atoms with E-state index in [2.05, 4.69) is 68.5 Å². The fourth-order valence-electron chi connectivity index (χ4n) is 4.97. The van der Waals surface area contributed by atoms with Gasteiger partial charge in [-0.05, 0) is 36.4 Å². The summed E-state index contributed by atoms with van der Waals surface area (Å²) in [7, 11) is 0. The number of anilines is 1. The van der Waals surface area contributed by atoms with Crippen LogP contribution in [0.4, 0.5) is 5.82 Å². The zero-order valence-electron chi connectivity index (χ0n) is 16.0. The Kier molecular flexibility index (Phi) is 3.67. The number of nitrogens with one attached hydrogen (secondary N) is 1. The summed E-state index contributed by atoms with van der Waals surface area (Å²) in [5.41, 5.74) is 11.4. The Morgan fingerprint density at radius 3 is 2.38 bits per heavy atom. The predicted molar refractivity (Wildman–Crippen MR) is 114 cm³/mol. The zero-order valence-corrected chi connectivity index (χ0v) is 16.0. The van der Waals surface area contributed by atoms with Crippen LogP contribution in [0.1, 0.15) is 18.9 Å². The molecule has 2 aromatic carbocycles. The number of fused-ring (bicyclic) bond motifs is 3. The number of benzene rings is 2. The molecule has 0 spiro atoms. The van der Waals surface area contributed by atoms with Gasteiger partial charge in [-0.1, -0.05) is 54.6 Å². The highest BCUT2D eigenvalue weighted by atomic mass is 15.3. The van der Waals surface area contributed by atoms with Crippen molar-refractivity contribution in [2.75, 3.05) is 12.3 Å². The van der Waals surface area contributed by atoms with E-state index in [4.69, 9.17) is 10.8 Å². The van der Waals surface area contributed by atoms with Crippen molar-refractivity contribution in [1.29, 1.82) is 0 Å². The van der Waals surface area contributed by atoms with Crippen LogP contribution in [0.25, 0.3) is 33.4 Å². The van der Waals surface area contributed by atoms with Gasteiger partial charge < -0.3 is 11.1 Å². The van der Waals surface area contributed by atoms with Gasteiger partial charge in [0, 0.05) is 11.6 Å². The third-order valence-electron chi connectivity index (χ3n) is 6.39. The fourth-order valence-corrected chi connectivity index (χ4v) is 4.97. The van der Waals surface area contributed by atoms with Crippen LogP contribution >= 0.6 is 0 Å². The molecule has 1 saturated heterocycles. The third kappa shape index (κ3) is 2.63. The van der Waals surface area contributed by atoms with Crippen molar-refractivity contribution in [3.05, 3.63) is 60.9 Å². The Hall–Kier alpha value is -3.25. The van der Waals surface area contributed by atoms with Crippen LogP contribution in [0.2, 0.25) is 0 Å².